The number of rotatable bonds is 4. The highest BCUT2D eigenvalue weighted by Gasteiger charge is 2.14. The quantitative estimate of drug-likeness (QED) is 0.341. The first-order valence-electron chi connectivity index (χ1n) is 7.85. The fraction of sp³-hybridized carbons (Fsp3) is 0.118. The molecule has 0 spiro atoms. The van der Waals surface area contributed by atoms with Gasteiger partial charge in [-0.1, -0.05) is 29.8 Å². The molecule has 3 heterocycles. The topological polar surface area (TPSA) is 85.8 Å². The van der Waals surface area contributed by atoms with Crippen LogP contribution >= 0.6 is 11.6 Å². The van der Waals surface area contributed by atoms with Crippen molar-refractivity contribution in [3.63, 3.8) is 0 Å². The molecule has 0 fully saturated rings. The second kappa shape index (κ2) is 6.57. The molecule has 26 heavy (non-hydrogen) atoms. The number of aromatic nitrogens is 6. The second-order valence-corrected chi connectivity index (χ2v) is 6.12. The van der Waals surface area contributed by atoms with Crippen molar-refractivity contribution < 1.29 is 0 Å². The van der Waals surface area contributed by atoms with Gasteiger partial charge in [0.25, 0.3) is 0 Å². The average Bonchev–Trinajstić information content (AvgIpc) is 3.21. The molecule has 8 nitrogen and oxygen atoms in total. The Morgan fingerprint density at radius 3 is 2.92 bits per heavy atom. The molecular weight excluding hydrogens is 352 g/mol. The van der Waals surface area contributed by atoms with Crippen molar-refractivity contribution in [3.05, 3.63) is 59.4 Å². The molecule has 0 radical (unpaired) electrons. The Labute approximate surface area is 154 Å². The van der Waals surface area contributed by atoms with E-state index in [1.807, 2.05) is 44.4 Å². The molecule has 4 rings (SSSR count). The van der Waals surface area contributed by atoms with Crippen LogP contribution in [-0.4, -0.2) is 35.5 Å². The number of benzene rings is 1. The minimum atomic E-state index is 0.108. The van der Waals surface area contributed by atoms with E-state index in [4.69, 9.17) is 11.6 Å². The van der Waals surface area contributed by atoms with Crippen LogP contribution < -0.4 is 5.43 Å². The maximum atomic E-state index is 6.09. The maximum absolute atomic E-state index is 6.09. The number of imidazole rings is 1. The lowest BCUT2D eigenvalue weighted by atomic mass is 10.2. The van der Waals surface area contributed by atoms with Gasteiger partial charge in [-0.15, -0.1) is 0 Å². The van der Waals surface area contributed by atoms with Crippen LogP contribution in [-0.2, 0) is 7.05 Å². The number of hydrazone groups is 1. The van der Waals surface area contributed by atoms with Crippen molar-refractivity contribution in [2.75, 3.05) is 5.43 Å². The highest BCUT2D eigenvalue weighted by atomic mass is 35.5. The number of halogens is 1. The molecule has 0 aliphatic heterocycles. The molecule has 0 atom stereocenters. The Kier molecular flexibility index (Phi) is 4.10. The van der Waals surface area contributed by atoms with Gasteiger partial charge in [0, 0.05) is 13.2 Å². The molecule has 4 aromatic rings. The summed E-state index contributed by atoms with van der Waals surface area (Å²) < 4.78 is 3.50. The van der Waals surface area contributed by atoms with Gasteiger partial charge < -0.3 is 0 Å². The number of fused-ring (bicyclic) bond motifs is 1. The first kappa shape index (κ1) is 16.2. The van der Waals surface area contributed by atoms with Gasteiger partial charge in [-0.05, 0) is 24.1 Å². The smallest absolute Gasteiger partial charge is 0.226 e. The molecule has 130 valence electrons. The third-order valence-corrected chi connectivity index (χ3v) is 3.93. The van der Waals surface area contributed by atoms with Crippen LogP contribution in [0.25, 0.3) is 16.9 Å². The summed E-state index contributed by atoms with van der Waals surface area (Å²) in [6.45, 7) is 2.03. The normalized spacial score (nSPS) is 11.5. The lowest BCUT2D eigenvalue weighted by molar-refractivity contribution is 0.767. The maximum Gasteiger partial charge on any atom is 0.226 e. The van der Waals surface area contributed by atoms with Crippen LogP contribution in [0.15, 0.2) is 48.1 Å². The number of hydrogen-bond donors (Lipinski definition) is 1. The summed E-state index contributed by atoms with van der Waals surface area (Å²) in [4.78, 5) is 12.9. The Balaban J connectivity index is 1.68. The predicted octanol–water partition coefficient (Wildman–Crippen LogP) is 2.96. The molecule has 0 bridgehead atoms. The van der Waals surface area contributed by atoms with Crippen molar-refractivity contribution in [3.8, 4) is 5.69 Å². The van der Waals surface area contributed by atoms with Crippen molar-refractivity contribution in [1.82, 2.24) is 29.3 Å². The van der Waals surface area contributed by atoms with E-state index in [2.05, 4.69) is 30.6 Å². The van der Waals surface area contributed by atoms with E-state index in [0.717, 1.165) is 16.8 Å². The van der Waals surface area contributed by atoms with E-state index in [9.17, 15) is 0 Å². The zero-order chi connectivity index (χ0) is 18.1. The lowest BCUT2D eigenvalue weighted by Gasteiger charge is -2.03. The largest absolute Gasteiger partial charge is 0.280 e. The number of hydrogen-bond acceptors (Lipinski definition) is 6. The molecule has 0 unspecified atom stereocenters. The third-order valence-electron chi connectivity index (χ3n) is 3.76. The molecule has 1 aromatic carbocycles. The van der Waals surface area contributed by atoms with Crippen molar-refractivity contribution >= 4 is 34.8 Å². The summed E-state index contributed by atoms with van der Waals surface area (Å²) in [6.07, 6.45) is 6.95. The molecule has 0 aliphatic rings. The molecule has 0 aliphatic carbocycles. The Morgan fingerprint density at radius 1 is 1.27 bits per heavy atom. The van der Waals surface area contributed by atoms with Crippen molar-refractivity contribution in [2.45, 2.75) is 6.92 Å². The van der Waals surface area contributed by atoms with Gasteiger partial charge in [-0.2, -0.15) is 20.2 Å². The highest BCUT2D eigenvalue weighted by Crippen LogP contribution is 2.23. The molecular formula is C17H15ClN8. The Morgan fingerprint density at radius 2 is 2.15 bits per heavy atom. The lowest BCUT2D eigenvalue weighted by Crippen LogP contribution is -1.99. The average molecular weight is 367 g/mol. The first-order chi connectivity index (χ1) is 12.6. The van der Waals surface area contributed by atoms with Crippen LogP contribution in [0.2, 0.25) is 5.28 Å². The van der Waals surface area contributed by atoms with Crippen LogP contribution in [0, 0.1) is 6.92 Å². The summed E-state index contributed by atoms with van der Waals surface area (Å²) in [6, 6.07) is 8.01. The zero-order valence-corrected chi connectivity index (χ0v) is 14.9. The summed E-state index contributed by atoms with van der Waals surface area (Å²) in [5, 5.41) is 8.52. The van der Waals surface area contributed by atoms with Crippen molar-refractivity contribution in [1.29, 1.82) is 0 Å². The highest BCUT2D eigenvalue weighted by molar-refractivity contribution is 6.28. The van der Waals surface area contributed by atoms with Crippen LogP contribution in [0.1, 0.15) is 11.1 Å². The molecule has 0 amide bonds. The van der Waals surface area contributed by atoms with Crippen molar-refractivity contribution in [2.24, 2.45) is 12.1 Å². The van der Waals surface area contributed by atoms with E-state index in [1.165, 1.54) is 0 Å². The zero-order valence-electron chi connectivity index (χ0n) is 14.1. The summed E-state index contributed by atoms with van der Waals surface area (Å²) >= 11 is 6.09. The van der Waals surface area contributed by atoms with E-state index < -0.39 is 0 Å². The molecule has 0 saturated carbocycles. The second-order valence-electron chi connectivity index (χ2n) is 5.78. The minimum Gasteiger partial charge on any atom is -0.280 e. The van der Waals surface area contributed by atoms with Gasteiger partial charge in [-0.3, -0.25) is 14.7 Å². The van der Waals surface area contributed by atoms with Gasteiger partial charge >= 0.3 is 0 Å². The standard InChI is InChI=1S/C17H15ClN8/c1-11-4-3-5-12(6-11)7-20-24-15-14-16(23-17(18)22-15)26(10-19-14)13-8-21-25(2)9-13/h3-10H,1-2H3,(H,22,23,24)/b20-7+. The van der Waals surface area contributed by atoms with Gasteiger partial charge in [0.15, 0.2) is 17.0 Å². The van der Waals surface area contributed by atoms with Gasteiger partial charge in [0.1, 0.15) is 6.33 Å². The Bertz CT molecular complexity index is 1110. The fourth-order valence-corrected chi connectivity index (χ4v) is 2.76. The third kappa shape index (κ3) is 3.14. The summed E-state index contributed by atoms with van der Waals surface area (Å²) in [5.74, 6) is 0.437. The van der Waals surface area contributed by atoms with Crippen LogP contribution in [0.3, 0.4) is 0 Å². The summed E-state index contributed by atoms with van der Waals surface area (Å²) in [7, 11) is 1.84. The van der Waals surface area contributed by atoms with Gasteiger partial charge in [0.05, 0.1) is 18.1 Å². The van der Waals surface area contributed by atoms with E-state index in [-0.39, 0.29) is 5.28 Å². The van der Waals surface area contributed by atoms with E-state index in [0.29, 0.717) is 17.0 Å². The Hall–Kier alpha value is -3.26. The minimum absolute atomic E-state index is 0.108. The van der Waals surface area contributed by atoms with E-state index in [1.54, 1.807) is 28.0 Å². The SMILES string of the molecule is Cc1cccc(/C=N/Nc2nc(Cl)nc3c2ncn3-c2cnn(C)c2)c1. The van der Waals surface area contributed by atoms with E-state index >= 15 is 0 Å². The molecule has 1 N–H and O–H groups in total. The van der Waals surface area contributed by atoms with Crippen LogP contribution in [0.5, 0.6) is 0 Å². The molecule has 3 aromatic heterocycles. The number of nitrogens with zero attached hydrogens (tertiary/aromatic N) is 7. The monoisotopic (exact) mass is 366 g/mol. The summed E-state index contributed by atoms with van der Waals surface area (Å²) in [5.41, 5.74) is 7.03. The first-order valence-corrected chi connectivity index (χ1v) is 8.23. The number of anilines is 1. The number of aryl methyl sites for hydroxylation is 2. The molecule has 0 saturated heterocycles. The van der Waals surface area contributed by atoms with Crippen LogP contribution in [0.4, 0.5) is 5.82 Å². The predicted molar refractivity (Wildman–Crippen MR) is 101 cm³/mol. The van der Waals surface area contributed by atoms with Gasteiger partial charge in [-0.25, -0.2) is 4.98 Å². The fourth-order valence-electron chi connectivity index (χ4n) is 2.59. The molecule has 9 heteroatoms. The number of nitrogens with one attached hydrogen (secondary N) is 1. The van der Waals surface area contributed by atoms with Gasteiger partial charge in [0.2, 0.25) is 5.28 Å².